The van der Waals surface area contributed by atoms with Crippen LogP contribution in [0.1, 0.15) is 19.3 Å². The lowest BCUT2D eigenvalue weighted by molar-refractivity contribution is -0.116. The standard InChI is InChI=1S/C12H14Cl2N2O/c13-8-2-1-3-9(14)12(8)16-11(17)6-10(15)7-4-5-7/h1-3,7,10H,4-6,15H2,(H,16,17). The Morgan fingerprint density at radius 2 is 2.00 bits per heavy atom. The molecule has 1 fully saturated rings. The average molecular weight is 273 g/mol. The Bertz CT molecular complexity index is 412. The minimum Gasteiger partial charge on any atom is -0.327 e. The zero-order valence-corrected chi connectivity index (χ0v) is 10.8. The third kappa shape index (κ3) is 3.35. The number of carbonyl (C=O) groups is 1. The van der Waals surface area contributed by atoms with Crippen molar-refractivity contribution < 1.29 is 4.79 Å². The van der Waals surface area contributed by atoms with Crippen molar-refractivity contribution in [3.05, 3.63) is 28.2 Å². The Morgan fingerprint density at radius 3 is 2.53 bits per heavy atom. The van der Waals surface area contributed by atoms with E-state index in [9.17, 15) is 4.79 Å². The Labute approximate surface area is 110 Å². The molecule has 1 aliphatic rings. The van der Waals surface area contributed by atoms with Gasteiger partial charge in [0.25, 0.3) is 0 Å². The van der Waals surface area contributed by atoms with Crippen molar-refractivity contribution in [2.75, 3.05) is 5.32 Å². The Balaban J connectivity index is 1.97. The molecule has 1 saturated carbocycles. The molecule has 92 valence electrons. The van der Waals surface area contributed by atoms with E-state index in [1.165, 1.54) is 0 Å². The zero-order chi connectivity index (χ0) is 12.4. The maximum absolute atomic E-state index is 11.8. The lowest BCUT2D eigenvalue weighted by Gasteiger charge is -2.12. The molecule has 0 radical (unpaired) electrons. The molecule has 1 aliphatic carbocycles. The third-order valence-corrected chi connectivity index (χ3v) is 3.51. The smallest absolute Gasteiger partial charge is 0.226 e. The molecular formula is C12H14Cl2N2O. The lowest BCUT2D eigenvalue weighted by Crippen LogP contribution is -2.29. The van der Waals surface area contributed by atoms with Gasteiger partial charge in [0.1, 0.15) is 0 Å². The predicted octanol–water partition coefficient (Wildman–Crippen LogP) is 3.06. The summed E-state index contributed by atoms with van der Waals surface area (Å²) in [6.07, 6.45) is 2.56. The highest BCUT2D eigenvalue weighted by atomic mass is 35.5. The fraction of sp³-hybridized carbons (Fsp3) is 0.417. The van der Waals surface area contributed by atoms with Gasteiger partial charge < -0.3 is 11.1 Å². The van der Waals surface area contributed by atoms with Gasteiger partial charge in [0.15, 0.2) is 0 Å². The van der Waals surface area contributed by atoms with Gasteiger partial charge in [0, 0.05) is 12.5 Å². The third-order valence-electron chi connectivity index (χ3n) is 2.88. The molecule has 1 unspecified atom stereocenters. The van der Waals surface area contributed by atoms with Crippen LogP contribution in [-0.4, -0.2) is 11.9 Å². The Morgan fingerprint density at radius 1 is 1.41 bits per heavy atom. The van der Waals surface area contributed by atoms with Crippen LogP contribution in [0.15, 0.2) is 18.2 Å². The molecule has 0 aliphatic heterocycles. The number of hydrogen-bond acceptors (Lipinski definition) is 2. The van der Waals surface area contributed by atoms with Crippen LogP contribution >= 0.6 is 23.2 Å². The Kier molecular flexibility index (Phi) is 3.92. The van der Waals surface area contributed by atoms with Crippen LogP contribution < -0.4 is 11.1 Å². The predicted molar refractivity (Wildman–Crippen MR) is 70.4 cm³/mol. The van der Waals surface area contributed by atoms with Crippen molar-refractivity contribution in [2.45, 2.75) is 25.3 Å². The second-order valence-electron chi connectivity index (χ2n) is 4.35. The lowest BCUT2D eigenvalue weighted by atomic mass is 10.1. The largest absolute Gasteiger partial charge is 0.327 e. The van der Waals surface area contributed by atoms with Crippen LogP contribution in [0, 0.1) is 5.92 Å². The van der Waals surface area contributed by atoms with Gasteiger partial charge in [-0.2, -0.15) is 0 Å². The topological polar surface area (TPSA) is 55.1 Å². The van der Waals surface area contributed by atoms with E-state index in [0.717, 1.165) is 12.8 Å². The number of halogens is 2. The maximum atomic E-state index is 11.8. The molecule has 1 aromatic rings. The summed E-state index contributed by atoms with van der Waals surface area (Å²) in [5, 5.41) is 3.58. The number of hydrogen-bond donors (Lipinski definition) is 2. The van der Waals surface area contributed by atoms with E-state index in [4.69, 9.17) is 28.9 Å². The first-order valence-corrected chi connectivity index (χ1v) is 6.33. The van der Waals surface area contributed by atoms with Gasteiger partial charge in [0.2, 0.25) is 5.91 Å². The van der Waals surface area contributed by atoms with Gasteiger partial charge >= 0.3 is 0 Å². The number of nitrogens with two attached hydrogens (primary N) is 1. The summed E-state index contributed by atoms with van der Waals surface area (Å²) in [4.78, 5) is 11.8. The number of anilines is 1. The summed E-state index contributed by atoms with van der Waals surface area (Å²) < 4.78 is 0. The van der Waals surface area contributed by atoms with E-state index in [2.05, 4.69) is 5.32 Å². The van der Waals surface area contributed by atoms with E-state index in [-0.39, 0.29) is 11.9 Å². The summed E-state index contributed by atoms with van der Waals surface area (Å²) in [7, 11) is 0. The molecule has 0 saturated heterocycles. The maximum Gasteiger partial charge on any atom is 0.226 e. The second kappa shape index (κ2) is 5.25. The summed E-state index contributed by atoms with van der Waals surface area (Å²) in [6.45, 7) is 0. The van der Waals surface area contributed by atoms with Crippen molar-refractivity contribution in [3.8, 4) is 0 Å². The molecule has 0 aromatic heterocycles. The van der Waals surface area contributed by atoms with Crippen molar-refractivity contribution in [3.63, 3.8) is 0 Å². The molecule has 3 N–H and O–H groups in total. The molecule has 0 bridgehead atoms. The molecular weight excluding hydrogens is 259 g/mol. The van der Waals surface area contributed by atoms with Crippen LogP contribution in [0.25, 0.3) is 0 Å². The molecule has 1 atom stereocenters. The quantitative estimate of drug-likeness (QED) is 0.885. The van der Waals surface area contributed by atoms with Crippen LogP contribution in [0.5, 0.6) is 0 Å². The highest BCUT2D eigenvalue weighted by Gasteiger charge is 2.29. The molecule has 0 spiro atoms. The fourth-order valence-corrected chi connectivity index (χ4v) is 2.20. The number of para-hydroxylation sites is 1. The molecule has 5 heteroatoms. The molecule has 1 aromatic carbocycles. The first kappa shape index (κ1) is 12.7. The van der Waals surface area contributed by atoms with Crippen molar-refractivity contribution in [2.24, 2.45) is 11.7 Å². The molecule has 1 amide bonds. The Hall–Kier alpha value is -0.770. The number of carbonyl (C=O) groups excluding carboxylic acids is 1. The average Bonchev–Trinajstić information content (AvgIpc) is 3.07. The molecule has 2 rings (SSSR count). The van der Waals surface area contributed by atoms with Crippen molar-refractivity contribution in [1.82, 2.24) is 0 Å². The van der Waals surface area contributed by atoms with Crippen molar-refractivity contribution >= 4 is 34.8 Å². The van der Waals surface area contributed by atoms with Gasteiger partial charge in [-0.1, -0.05) is 29.3 Å². The van der Waals surface area contributed by atoms with Crippen LogP contribution in [0.3, 0.4) is 0 Å². The summed E-state index contributed by atoms with van der Waals surface area (Å²) >= 11 is 11.9. The normalized spacial score (nSPS) is 16.6. The van der Waals surface area contributed by atoms with E-state index in [1.807, 2.05) is 0 Å². The highest BCUT2D eigenvalue weighted by Crippen LogP contribution is 2.33. The van der Waals surface area contributed by atoms with Gasteiger partial charge in [-0.25, -0.2) is 0 Å². The number of nitrogens with one attached hydrogen (secondary N) is 1. The van der Waals surface area contributed by atoms with Gasteiger partial charge in [0.05, 0.1) is 15.7 Å². The van der Waals surface area contributed by atoms with E-state index in [0.29, 0.717) is 28.1 Å². The van der Waals surface area contributed by atoms with Crippen molar-refractivity contribution in [1.29, 1.82) is 0 Å². The monoisotopic (exact) mass is 272 g/mol. The van der Waals surface area contributed by atoms with Crippen LogP contribution in [0.2, 0.25) is 10.0 Å². The molecule has 0 heterocycles. The number of rotatable bonds is 4. The van der Waals surface area contributed by atoms with Crippen LogP contribution in [-0.2, 0) is 4.79 Å². The van der Waals surface area contributed by atoms with Crippen LogP contribution in [0.4, 0.5) is 5.69 Å². The second-order valence-corrected chi connectivity index (χ2v) is 5.16. The number of benzene rings is 1. The van der Waals surface area contributed by atoms with Gasteiger partial charge in [-0.05, 0) is 30.9 Å². The van der Waals surface area contributed by atoms with E-state index >= 15 is 0 Å². The minimum absolute atomic E-state index is 0.0590. The van der Waals surface area contributed by atoms with E-state index < -0.39 is 0 Å². The highest BCUT2D eigenvalue weighted by molar-refractivity contribution is 6.39. The summed E-state index contributed by atoms with van der Waals surface area (Å²) in [6, 6.07) is 5.04. The molecule has 17 heavy (non-hydrogen) atoms. The first-order valence-electron chi connectivity index (χ1n) is 5.57. The first-order chi connectivity index (χ1) is 8.08. The minimum atomic E-state index is -0.139. The summed E-state index contributed by atoms with van der Waals surface area (Å²) in [5.41, 5.74) is 6.34. The summed E-state index contributed by atoms with van der Waals surface area (Å²) in [5.74, 6) is 0.363. The fourth-order valence-electron chi connectivity index (χ4n) is 1.71. The van der Waals surface area contributed by atoms with Gasteiger partial charge in [-0.15, -0.1) is 0 Å². The van der Waals surface area contributed by atoms with E-state index in [1.54, 1.807) is 18.2 Å². The SMILES string of the molecule is NC(CC(=O)Nc1c(Cl)cccc1Cl)C1CC1. The zero-order valence-electron chi connectivity index (χ0n) is 9.25. The molecule has 3 nitrogen and oxygen atoms in total. The number of amides is 1. The van der Waals surface area contributed by atoms with Gasteiger partial charge in [-0.3, -0.25) is 4.79 Å².